The van der Waals surface area contributed by atoms with Gasteiger partial charge in [0.2, 0.25) is 0 Å². The molecule has 18 heavy (non-hydrogen) atoms. The third-order valence-corrected chi connectivity index (χ3v) is 3.04. The topological polar surface area (TPSA) is 57.4 Å². The largest absolute Gasteiger partial charge is 0.348 e. The van der Waals surface area contributed by atoms with Crippen molar-refractivity contribution in [3.05, 3.63) is 60.4 Å². The summed E-state index contributed by atoms with van der Waals surface area (Å²) in [5.74, 6) is 2.02. The molecule has 2 aromatic heterocycles. The van der Waals surface area contributed by atoms with Gasteiger partial charge in [0.1, 0.15) is 11.6 Å². The summed E-state index contributed by atoms with van der Waals surface area (Å²) in [6.45, 7) is 2.10. The molecule has 90 valence electrons. The Balaban J connectivity index is 1.90. The van der Waals surface area contributed by atoms with E-state index in [0.29, 0.717) is 0 Å². The fraction of sp³-hybridized carbons (Fsp3) is 0.143. The molecular weight excluding hydrogens is 224 g/mol. The summed E-state index contributed by atoms with van der Waals surface area (Å²) < 4.78 is 0. The molecule has 4 nitrogen and oxygen atoms in total. The van der Waals surface area contributed by atoms with Crippen LogP contribution in [0.3, 0.4) is 0 Å². The number of aromatic amines is 2. The van der Waals surface area contributed by atoms with Gasteiger partial charge in [0, 0.05) is 29.8 Å². The molecule has 0 saturated carbocycles. The average Bonchev–Trinajstić information content (AvgIpc) is 3.10. The van der Waals surface area contributed by atoms with Crippen molar-refractivity contribution in [3.63, 3.8) is 0 Å². The molecule has 3 aromatic rings. The van der Waals surface area contributed by atoms with Crippen molar-refractivity contribution in [3.8, 4) is 11.4 Å². The van der Waals surface area contributed by atoms with Gasteiger partial charge in [0.15, 0.2) is 0 Å². The minimum Gasteiger partial charge on any atom is -0.348 e. The second-order valence-corrected chi connectivity index (χ2v) is 4.25. The minimum absolute atomic E-state index is 0.185. The number of hydrogen-bond donors (Lipinski definition) is 2. The highest BCUT2D eigenvalue weighted by molar-refractivity contribution is 5.54. The lowest BCUT2D eigenvalue weighted by Gasteiger charge is -2.04. The summed E-state index contributed by atoms with van der Waals surface area (Å²) in [7, 11) is 0. The zero-order valence-electron chi connectivity index (χ0n) is 10.1. The first-order valence-corrected chi connectivity index (χ1v) is 5.94. The van der Waals surface area contributed by atoms with Gasteiger partial charge in [-0.05, 0) is 6.92 Å². The molecule has 0 spiro atoms. The van der Waals surface area contributed by atoms with Gasteiger partial charge in [-0.2, -0.15) is 0 Å². The van der Waals surface area contributed by atoms with E-state index in [1.165, 1.54) is 0 Å². The molecular formula is C14H14N4. The molecule has 0 bridgehead atoms. The summed E-state index contributed by atoms with van der Waals surface area (Å²) >= 11 is 0. The van der Waals surface area contributed by atoms with E-state index < -0.39 is 0 Å². The van der Waals surface area contributed by atoms with Crippen LogP contribution < -0.4 is 0 Å². The van der Waals surface area contributed by atoms with Crippen molar-refractivity contribution in [2.24, 2.45) is 0 Å². The number of hydrogen-bond acceptors (Lipinski definition) is 2. The summed E-state index contributed by atoms with van der Waals surface area (Å²) in [5, 5.41) is 0. The van der Waals surface area contributed by atoms with E-state index in [9.17, 15) is 0 Å². The number of imidazole rings is 2. The van der Waals surface area contributed by atoms with E-state index >= 15 is 0 Å². The third-order valence-electron chi connectivity index (χ3n) is 3.04. The lowest BCUT2D eigenvalue weighted by atomic mass is 10.1. The predicted octanol–water partition coefficient (Wildman–Crippen LogP) is 2.95. The quantitative estimate of drug-likeness (QED) is 0.737. The first-order valence-electron chi connectivity index (χ1n) is 5.94. The van der Waals surface area contributed by atoms with Crippen molar-refractivity contribution >= 4 is 0 Å². The van der Waals surface area contributed by atoms with Crippen molar-refractivity contribution in [1.29, 1.82) is 0 Å². The second kappa shape index (κ2) is 4.49. The molecule has 1 aromatic carbocycles. The Morgan fingerprint density at radius 2 is 1.94 bits per heavy atom. The van der Waals surface area contributed by atoms with Crippen LogP contribution in [-0.2, 0) is 0 Å². The maximum absolute atomic E-state index is 4.42. The Labute approximate surface area is 105 Å². The van der Waals surface area contributed by atoms with Crippen LogP contribution in [0.5, 0.6) is 0 Å². The average molecular weight is 238 g/mol. The highest BCUT2D eigenvalue weighted by atomic mass is 14.9. The van der Waals surface area contributed by atoms with Crippen LogP contribution in [0.2, 0.25) is 0 Å². The molecule has 4 heteroatoms. The Morgan fingerprint density at radius 1 is 1.11 bits per heavy atom. The minimum atomic E-state index is 0.185. The Kier molecular flexibility index (Phi) is 2.68. The molecule has 0 saturated heterocycles. The number of H-pyrrole nitrogens is 2. The summed E-state index contributed by atoms with van der Waals surface area (Å²) in [4.78, 5) is 15.2. The summed E-state index contributed by atoms with van der Waals surface area (Å²) in [6, 6.07) is 10.1. The fourth-order valence-corrected chi connectivity index (χ4v) is 1.96. The molecule has 1 unspecified atom stereocenters. The zero-order chi connectivity index (χ0) is 12.4. The smallest absolute Gasteiger partial charge is 0.137 e. The van der Waals surface area contributed by atoms with Gasteiger partial charge in [-0.1, -0.05) is 30.3 Å². The molecule has 0 aliphatic carbocycles. The monoisotopic (exact) mass is 238 g/mol. The number of aromatic nitrogens is 4. The molecule has 0 radical (unpaired) electrons. The van der Waals surface area contributed by atoms with Gasteiger partial charge in [-0.15, -0.1) is 0 Å². The highest BCUT2D eigenvalue weighted by Gasteiger charge is 2.13. The maximum atomic E-state index is 4.42. The van der Waals surface area contributed by atoms with Gasteiger partial charge in [-0.3, -0.25) is 0 Å². The first kappa shape index (κ1) is 10.8. The molecule has 0 aliphatic heterocycles. The molecule has 0 fully saturated rings. The Hall–Kier alpha value is -2.36. The predicted molar refractivity (Wildman–Crippen MR) is 70.1 cm³/mol. The lowest BCUT2D eigenvalue weighted by molar-refractivity contribution is 0.814. The summed E-state index contributed by atoms with van der Waals surface area (Å²) in [6.07, 6.45) is 5.47. The van der Waals surface area contributed by atoms with Gasteiger partial charge >= 0.3 is 0 Å². The van der Waals surface area contributed by atoms with E-state index in [2.05, 4.69) is 26.9 Å². The van der Waals surface area contributed by atoms with Crippen molar-refractivity contribution in [2.45, 2.75) is 12.8 Å². The molecule has 0 amide bonds. The first-order chi connectivity index (χ1) is 8.84. The molecule has 2 N–H and O–H groups in total. The second-order valence-electron chi connectivity index (χ2n) is 4.25. The van der Waals surface area contributed by atoms with E-state index in [0.717, 1.165) is 22.9 Å². The van der Waals surface area contributed by atoms with Crippen molar-refractivity contribution in [2.75, 3.05) is 0 Å². The van der Waals surface area contributed by atoms with Crippen LogP contribution >= 0.6 is 0 Å². The number of benzene rings is 1. The summed E-state index contributed by atoms with van der Waals surface area (Å²) in [5.41, 5.74) is 2.15. The van der Waals surface area contributed by atoms with Crippen LogP contribution in [0.15, 0.2) is 48.9 Å². The molecule has 3 rings (SSSR count). The van der Waals surface area contributed by atoms with Gasteiger partial charge in [0.25, 0.3) is 0 Å². The van der Waals surface area contributed by atoms with Crippen molar-refractivity contribution < 1.29 is 0 Å². The maximum Gasteiger partial charge on any atom is 0.137 e. The van der Waals surface area contributed by atoms with Gasteiger partial charge < -0.3 is 9.97 Å². The van der Waals surface area contributed by atoms with E-state index in [1.54, 1.807) is 6.20 Å². The number of nitrogens with one attached hydrogen (secondary N) is 2. The van der Waals surface area contributed by atoms with Gasteiger partial charge in [-0.25, -0.2) is 9.97 Å². The van der Waals surface area contributed by atoms with E-state index in [-0.39, 0.29) is 5.92 Å². The Bertz CT molecular complexity index is 610. The molecule has 2 heterocycles. The zero-order valence-corrected chi connectivity index (χ0v) is 10.1. The van der Waals surface area contributed by atoms with Crippen LogP contribution in [-0.4, -0.2) is 19.9 Å². The SMILES string of the molecule is CC(c1cnc(-c2ccccc2)[nH]1)c1ncc[nH]1. The van der Waals surface area contributed by atoms with Crippen molar-refractivity contribution in [1.82, 2.24) is 19.9 Å². The normalized spacial score (nSPS) is 12.5. The number of nitrogens with zero attached hydrogens (tertiary/aromatic N) is 2. The van der Waals surface area contributed by atoms with Crippen LogP contribution in [0, 0.1) is 0 Å². The fourth-order valence-electron chi connectivity index (χ4n) is 1.96. The molecule has 1 atom stereocenters. The van der Waals surface area contributed by atoms with E-state index in [4.69, 9.17) is 0 Å². The lowest BCUT2D eigenvalue weighted by Crippen LogP contribution is -1.98. The van der Waals surface area contributed by atoms with Gasteiger partial charge in [0.05, 0.1) is 5.92 Å². The van der Waals surface area contributed by atoms with Crippen LogP contribution in [0.1, 0.15) is 24.4 Å². The van der Waals surface area contributed by atoms with Crippen LogP contribution in [0.25, 0.3) is 11.4 Å². The highest BCUT2D eigenvalue weighted by Crippen LogP contribution is 2.22. The third kappa shape index (κ3) is 1.93. The van der Waals surface area contributed by atoms with Crippen LogP contribution in [0.4, 0.5) is 0 Å². The standard InChI is InChI=1S/C14H14N4/c1-10(13-15-7-8-16-13)12-9-17-14(18-12)11-5-3-2-4-6-11/h2-10H,1H3,(H,15,16)(H,17,18). The Morgan fingerprint density at radius 3 is 2.67 bits per heavy atom. The molecule has 0 aliphatic rings. The number of rotatable bonds is 3. The van der Waals surface area contributed by atoms with E-state index in [1.807, 2.05) is 42.7 Å².